The van der Waals surface area contributed by atoms with Gasteiger partial charge in [0, 0.05) is 93.8 Å². The number of piperazine rings is 1. The molecule has 7 heterocycles. The summed E-state index contributed by atoms with van der Waals surface area (Å²) in [5.41, 5.74) is 10.8. The van der Waals surface area contributed by atoms with Gasteiger partial charge in [0.1, 0.15) is 30.4 Å². The number of phosphoric acid groups is 1. The van der Waals surface area contributed by atoms with Crippen LogP contribution in [0, 0.1) is 17.2 Å². The highest BCUT2D eigenvalue weighted by molar-refractivity contribution is 7.46. The number of phosphoric ester groups is 1. The zero-order valence-electron chi connectivity index (χ0n) is 44.1. The number of nitrogens with two attached hydrogens (primary N) is 1. The number of carbonyl (C=O) groups excluding carboxylic acids is 2. The van der Waals surface area contributed by atoms with Gasteiger partial charge in [0.15, 0.2) is 18.4 Å². The van der Waals surface area contributed by atoms with Crippen LogP contribution >= 0.6 is 7.82 Å². The Labute approximate surface area is 453 Å². The number of nitrogens with zero attached hydrogens (tertiary/aromatic N) is 9. The number of amides is 2. The van der Waals surface area contributed by atoms with Crippen molar-refractivity contribution in [2.45, 2.75) is 121 Å². The predicted molar refractivity (Wildman–Crippen MR) is 286 cm³/mol. The summed E-state index contributed by atoms with van der Waals surface area (Å²) >= 11 is 0. The van der Waals surface area contributed by atoms with E-state index in [-0.39, 0.29) is 54.2 Å². The Balaban J connectivity index is 0.641. The topological polar surface area (TPSA) is 277 Å². The van der Waals surface area contributed by atoms with E-state index in [0.717, 1.165) is 88.1 Å². The summed E-state index contributed by atoms with van der Waals surface area (Å²) < 4.78 is 46.0. The second-order valence-electron chi connectivity index (χ2n) is 21.2. The number of hydrogen-bond donors (Lipinski definition) is 4. The summed E-state index contributed by atoms with van der Waals surface area (Å²) in [5.74, 6) is 0.891. The van der Waals surface area contributed by atoms with Crippen LogP contribution in [0.1, 0.15) is 101 Å². The predicted octanol–water partition coefficient (Wildman–Crippen LogP) is 6.36. The molecule has 5 fully saturated rings. The van der Waals surface area contributed by atoms with Gasteiger partial charge in [-0.25, -0.2) is 14.1 Å². The number of pyridine rings is 1. The Morgan fingerprint density at radius 1 is 0.897 bits per heavy atom. The second-order valence-corrected chi connectivity index (χ2v) is 22.5. The van der Waals surface area contributed by atoms with Crippen LogP contribution in [0.2, 0.25) is 0 Å². The number of para-hydroxylation sites is 1. The van der Waals surface area contributed by atoms with Crippen molar-refractivity contribution in [1.29, 1.82) is 5.26 Å². The van der Waals surface area contributed by atoms with Gasteiger partial charge in [0.05, 0.1) is 41.3 Å². The third kappa shape index (κ3) is 12.8. The molecule has 3 aromatic heterocycles. The molecule has 2 amide bonds. The molecule has 4 aliphatic heterocycles. The molecule has 2 bridgehead atoms. The van der Waals surface area contributed by atoms with E-state index in [9.17, 15) is 14.2 Å². The molecule has 414 valence electrons. The normalized spacial score (nSPS) is 22.4. The molecule has 3 unspecified atom stereocenters. The fourth-order valence-electron chi connectivity index (χ4n) is 11.5. The minimum absolute atomic E-state index is 0.0274. The summed E-state index contributed by atoms with van der Waals surface area (Å²) in [6, 6.07) is 23.5. The molecule has 10 rings (SSSR count). The number of carbonyl (C=O) groups is 2. The minimum atomic E-state index is -4.71. The lowest BCUT2D eigenvalue weighted by Crippen LogP contribution is -2.54. The molecule has 4 saturated heterocycles. The van der Waals surface area contributed by atoms with Crippen LogP contribution in [0.4, 0.5) is 17.2 Å². The summed E-state index contributed by atoms with van der Waals surface area (Å²) in [5, 5.41) is 25.0. The van der Waals surface area contributed by atoms with E-state index in [1.54, 1.807) is 41.3 Å². The Morgan fingerprint density at radius 3 is 2.38 bits per heavy atom. The van der Waals surface area contributed by atoms with E-state index < -0.39 is 26.6 Å². The zero-order chi connectivity index (χ0) is 54.5. The van der Waals surface area contributed by atoms with Crippen LogP contribution in [-0.2, 0) is 23.4 Å². The van der Waals surface area contributed by atoms with E-state index in [1.807, 2.05) is 63.4 Å². The SMILES string of the molecule is CC(C)C(C(=O)N1CCC[C@H]1C(=O)N[C@@H](C)c1ccc(C#N)cc1)c1cc(OCCN2CCC(OC3CC(Oc4cc(N5C6CCC5CN(c5cc(-c7ccccc7OCOP(=O)(O)O)nnc5N)C6)ccn4)C3)CC2)no1. The summed E-state index contributed by atoms with van der Waals surface area (Å²) in [7, 11) is -4.71. The zero-order valence-corrected chi connectivity index (χ0v) is 45.0. The maximum atomic E-state index is 14.1. The molecule has 5 aromatic rings. The highest BCUT2D eigenvalue weighted by Gasteiger charge is 2.43. The number of hydrogen-bond acceptors (Lipinski definition) is 18. The number of nitriles is 1. The smallest absolute Gasteiger partial charge is 0.472 e. The highest BCUT2D eigenvalue weighted by atomic mass is 31.2. The average Bonchev–Trinajstić information content (AvgIpc) is 4.23. The number of nitrogens with one attached hydrogen (secondary N) is 1. The molecule has 22 nitrogen and oxygen atoms in total. The molecular weight excluding hydrogens is 1020 g/mol. The standard InChI is InChI=1S/C55H68N11O11P/c1-34(2)52(55(68)65-20-6-8-46(65)54(67)59-35(3)37-12-10-36(30-56)11-13-37)49-29-51(62-77-49)72-24-23-63-21-17-41(18-22-63)75-42-26-43(27-42)76-50-25-38(16-19-58-50)66-39-14-15-40(66)32-64(31-39)47-28-45(60-61-53(47)57)44-7-4-5-9-48(44)73-33-74-78(69,70)71/h4-5,7,9-13,16,19,25,28-29,34-35,39-43,46,52H,6,8,14-15,17-18,20-24,26-27,31-33H2,1-3H3,(H2,57,61)(H,59,67)(H2,69,70,71)/t35-,39?,40?,42?,43?,46-,52?/m0/s1. The first-order valence-electron chi connectivity index (χ1n) is 27.0. The van der Waals surface area contributed by atoms with E-state index in [0.29, 0.717) is 72.0 Å². The molecule has 78 heavy (non-hydrogen) atoms. The van der Waals surface area contributed by atoms with Crippen LogP contribution in [0.15, 0.2) is 83.5 Å². The van der Waals surface area contributed by atoms with Crippen molar-refractivity contribution >= 4 is 36.8 Å². The molecule has 1 aliphatic carbocycles. The van der Waals surface area contributed by atoms with Crippen molar-refractivity contribution in [3.63, 3.8) is 0 Å². The van der Waals surface area contributed by atoms with E-state index in [2.05, 4.69) is 50.9 Å². The quantitative estimate of drug-likeness (QED) is 0.0459. The monoisotopic (exact) mass is 1090 g/mol. The van der Waals surface area contributed by atoms with E-state index in [1.165, 1.54) is 0 Å². The highest BCUT2D eigenvalue weighted by Crippen LogP contribution is 2.41. The number of aromatic nitrogens is 4. The van der Waals surface area contributed by atoms with Crippen molar-refractivity contribution in [1.82, 2.24) is 35.5 Å². The fourth-order valence-corrected chi connectivity index (χ4v) is 11.7. The molecular formula is C55H68N11O11P. The molecule has 5 N–H and O–H groups in total. The Morgan fingerprint density at radius 2 is 1.65 bits per heavy atom. The number of likely N-dealkylation sites (tertiary alicyclic amines) is 2. The molecule has 0 spiro atoms. The Kier molecular flexibility index (Phi) is 16.8. The van der Waals surface area contributed by atoms with Crippen molar-refractivity contribution < 1.29 is 51.9 Å². The number of fused-ring (bicyclic) bond motifs is 2. The number of piperidine rings is 1. The second kappa shape index (κ2) is 24.0. The summed E-state index contributed by atoms with van der Waals surface area (Å²) in [6.07, 6.45) is 8.94. The summed E-state index contributed by atoms with van der Waals surface area (Å²) in [6.45, 7) is 9.99. The third-order valence-corrected chi connectivity index (χ3v) is 16.1. The van der Waals surface area contributed by atoms with Gasteiger partial charge < -0.3 is 59.0 Å². The maximum absolute atomic E-state index is 14.1. The van der Waals surface area contributed by atoms with Gasteiger partial charge in [0.25, 0.3) is 5.88 Å². The van der Waals surface area contributed by atoms with Gasteiger partial charge in [-0.15, -0.1) is 10.2 Å². The first-order valence-corrected chi connectivity index (χ1v) is 28.5. The van der Waals surface area contributed by atoms with Crippen LogP contribution in [-0.4, -0.2) is 141 Å². The number of ether oxygens (including phenoxy) is 4. The molecule has 1 saturated carbocycles. The van der Waals surface area contributed by atoms with Gasteiger partial charge >= 0.3 is 7.82 Å². The number of benzene rings is 2. The molecule has 5 aliphatic rings. The molecule has 23 heteroatoms. The lowest BCUT2D eigenvalue weighted by molar-refractivity contribution is -0.141. The number of nitrogen functional groups attached to an aromatic ring is 1. The van der Waals surface area contributed by atoms with Crippen molar-refractivity contribution in [3.05, 3.63) is 95.9 Å². The van der Waals surface area contributed by atoms with Crippen molar-refractivity contribution in [3.8, 4) is 34.8 Å². The molecule has 0 radical (unpaired) electrons. The Hall–Kier alpha value is -6.86. The van der Waals surface area contributed by atoms with Crippen LogP contribution in [0.5, 0.6) is 17.5 Å². The number of rotatable bonds is 21. The van der Waals surface area contributed by atoms with Crippen molar-refractivity contribution in [2.24, 2.45) is 5.92 Å². The van der Waals surface area contributed by atoms with Gasteiger partial charge in [0.2, 0.25) is 17.7 Å². The van der Waals surface area contributed by atoms with Crippen molar-refractivity contribution in [2.75, 3.05) is 68.2 Å². The first kappa shape index (κ1) is 54.5. The number of anilines is 3. The first-order chi connectivity index (χ1) is 37.7. The average molecular weight is 1090 g/mol. The van der Waals surface area contributed by atoms with Gasteiger partial charge in [-0.05, 0) is 98.5 Å². The van der Waals surface area contributed by atoms with Crippen LogP contribution in [0.25, 0.3) is 11.3 Å². The lowest BCUT2D eigenvalue weighted by Gasteiger charge is -2.43. The van der Waals surface area contributed by atoms with Crippen LogP contribution in [0.3, 0.4) is 0 Å². The largest absolute Gasteiger partial charge is 0.474 e. The molecule has 2 aromatic carbocycles. The van der Waals surface area contributed by atoms with Gasteiger partial charge in [-0.2, -0.15) is 5.26 Å². The Bertz CT molecular complexity index is 2960. The van der Waals surface area contributed by atoms with E-state index >= 15 is 0 Å². The third-order valence-electron chi connectivity index (χ3n) is 15.6. The minimum Gasteiger partial charge on any atom is -0.474 e. The van der Waals surface area contributed by atoms with E-state index in [4.69, 9.17) is 44.3 Å². The molecule has 5 atom stereocenters. The van der Waals surface area contributed by atoms with Gasteiger partial charge in [-0.3, -0.25) is 14.5 Å². The maximum Gasteiger partial charge on any atom is 0.472 e. The fraction of sp³-hybridized carbons (Fsp3) is 0.509. The lowest BCUT2D eigenvalue weighted by atomic mass is 9.91. The van der Waals surface area contributed by atoms with Crippen LogP contribution < -0.4 is 35.1 Å². The summed E-state index contributed by atoms with van der Waals surface area (Å²) in [4.78, 5) is 59.1. The van der Waals surface area contributed by atoms with Gasteiger partial charge in [-0.1, -0.05) is 38.1 Å².